The summed E-state index contributed by atoms with van der Waals surface area (Å²) in [5.41, 5.74) is 2.58. The number of ether oxygens (including phenoxy) is 1. The van der Waals surface area contributed by atoms with Gasteiger partial charge >= 0.3 is 0 Å². The van der Waals surface area contributed by atoms with E-state index in [9.17, 15) is 14.4 Å². The quantitative estimate of drug-likeness (QED) is 0.709. The molecular formula is C22H26N4O5. The third-order valence-electron chi connectivity index (χ3n) is 5.53. The second-order valence-electron chi connectivity index (χ2n) is 7.82. The highest BCUT2D eigenvalue weighted by Gasteiger charge is 2.26. The number of hydrogen-bond donors (Lipinski definition) is 1. The van der Waals surface area contributed by atoms with Crippen LogP contribution in [0.25, 0.3) is 0 Å². The first kappa shape index (κ1) is 20.9. The largest absolute Gasteiger partial charge is 0.494 e. The van der Waals surface area contributed by atoms with Crippen molar-refractivity contribution in [1.29, 1.82) is 0 Å². The number of anilines is 1. The molecule has 1 N–H and O–H groups in total. The Balaban J connectivity index is 1.17. The van der Waals surface area contributed by atoms with Crippen molar-refractivity contribution < 1.29 is 23.6 Å². The van der Waals surface area contributed by atoms with Gasteiger partial charge in [0.15, 0.2) is 0 Å². The van der Waals surface area contributed by atoms with Crippen LogP contribution in [0.3, 0.4) is 0 Å². The van der Waals surface area contributed by atoms with Crippen LogP contribution in [0.2, 0.25) is 0 Å². The van der Waals surface area contributed by atoms with Gasteiger partial charge in [-0.3, -0.25) is 14.4 Å². The molecule has 3 heterocycles. The molecule has 0 aliphatic carbocycles. The molecular weight excluding hydrogens is 400 g/mol. The van der Waals surface area contributed by atoms with Crippen LogP contribution in [-0.2, 0) is 16.0 Å². The van der Waals surface area contributed by atoms with E-state index in [1.165, 1.54) is 0 Å². The lowest BCUT2D eigenvalue weighted by Gasteiger charge is -2.34. The number of nitrogens with zero attached hydrogens (tertiary/aromatic N) is 3. The van der Waals surface area contributed by atoms with E-state index < -0.39 is 0 Å². The second kappa shape index (κ2) is 9.20. The number of benzene rings is 1. The van der Waals surface area contributed by atoms with E-state index >= 15 is 0 Å². The maximum absolute atomic E-state index is 12.5. The van der Waals surface area contributed by atoms with Crippen molar-refractivity contribution in [2.75, 3.05) is 38.1 Å². The Labute approximate surface area is 180 Å². The van der Waals surface area contributed by atoms with Crippen LogP contribution in [0.1, 0.15) is 41.1 Å². The van der Waals surface area contributed by atoms with Crippen LogP contribution in [0, 0.1) is 6.92 Å². The van der Waals surface area contributed by atoms with Crippen molar-refractivity contribution in [1.82, 2.24) is 15.0 Å². The number of aryl methyl sites for hydroxylation is 2. The summed E-state index contributed by atoms with van der Waals surface area (Å²) < 4.78 is 10.8. The highest BCUT2D eigenvalue weighted by atomic mass is 16.5. The van der Waals surface area contributed by atoms with Crippen LogP contribution < -0.4 is 10.1 Å². The number of carbonyl (C=O) groups excluding carboxylic acids is 3. The molecule has 2 aliphatic rings. The van der Waals surface area contributed by atoms with Crippen molar-refractivity contribution in [2.24, 2.45) is 0 Å². The van der Waals surface area contributed by atoms with Gasteiger partial charge in [-0.1, -0.05) is 5.16 Å². The van der Waals surface area contributed by atoms with Crippen LogP contribution in [0.4, 0.5) is 5.69 Å². The van der Waals surface area contributed by atoms with Crippen molar-refractivity contribution in [3.8, 4) is 5.75 Å². The average Bonchev–Trinajstić information content (AvgIpc) is 3.22. The number of carbonyl (C=O) groups is 3. The molecule has 0 spiro atoms. The fourth-order valence-corrected chi connectivity index (χ4v) is 3.80. The summed E-state index contributed by atoms with van der Waals surface area (Å²) in [6.07, 6.45) is 2.21. The van der Waals surface area contributed by atoms with Gasteiger partial charge in [0.25, 0.3) is 5.91 Å². The third-order valence-corrected chi connectivity index (χ3v) is 5.53. The highest BCUT2D eigenvalue weighted by molar-refractivity contribution is 5.94. The molecule has 9 heteroatoms. The minimum atomic E-state index is -0.189. The van der Waals surface area contributed by atoms with Gasteiger partial charge in [-0.25, -0.2) is 0 Å². The number of nitrogens with one attached hydrogen (secondary N) is 1. The number of aromatic nitrogens is 1. The first-order valence-electron chi connectivity index (χ1n) is 10.6. The molecule has 164 valence electrons. The fourth-order valence-electron chi connectivity index (χ4n) is 3.80. The number of amides is 3. The molecule has 1 fully saturated rings. The van der Waals surface area contributed by atoms with E-state index in [1.807, 2.05) is 18.2 Å². The Morgan fingerprint density at radius 2 is 1.90 bits per heavy atom. The molecule has 1 saturated heterocycles. The van der Waals surface area contributed by atoms with Gasteiger partial charge < -0.3 is 24.4 Å². The van der Waals surface area contributed by atoms with Gasteiger partial charge in [-0.05, 0) is 43.5 Å². The Hall–Kier alpha value is -3.36. The third kappa shape index (κ3) is 5.04. The number of rotatable bonds is 6. The zero-order valence-electron chi connectivity index (χ0n) is 17.6. The molecule has 0 saturated carbocycles. The van der Waals surface area contributed by atoms with Crippen molar-refractivity contribution in [3.05, 3.63) is 41.3 Å². The van der Waals surface area contributed by atoms with E-state index in [2.05, 4.69) is 10.5 Å². The molecule has 0 bridgehead atoms. The first-order valence-corrected chi connectivity index (χ1v) is 10.6. The van der Waals surface area contributed by atoms with E-state index in [-0.39, 0.29) is 23.5 Å². The van der Waals surface area contributed by atoms with Crippen LogP contribution >= 0.6 is 0 Å². The Morgan fingerprint density at radius 1 is 1.13 bits per heavy atom. The topological polar surface area (TPSA) is 105 Å². The molecule has 0 atom stereocenters. The molecule has 4 rings (SSSR count). The minimum absolute atomic E-state index is 0.0398. The zero-order chi connectivity index (χ0) is 21.8. The lowest BCUT2D eigenvalue weighted by molar-refractivity contribution is -0.132. The molecule has 1 aromatic heterocycles. The molecule has 0 radical (unpaired) electrons. The average molecular weight is 426 g/mol. The summed E-state index contributed by atoms with van der Waals surface area (Å²) >= 11 is 0. The molecule has 3 amide bonds. The van der Waals surface area contributed by atoms with Crippen LogP contribution in [0.5, 0.6) is 5.75 Å². The first-order chi connectivity index (χ1) is 15.0. The molecule has 31 heavy (non-hydrogen) atoms. The summed E-state index contributed by atoms with van der Waals surface area (Å²) in [5, 5.41) is 6.60. The lowest BCUT2D eigenvalue weighted by Crippen LogP contribution is -2.50. The van der Waals surface area contributed by atoms with Crippen molar-refractivity contribution in [2.45, 2.75) is 32.6 Å². The van der Waals surface area contributed by atoms with Gasteiger partial charge in [0.2, 0.25) is 17.6 Å². The van der Waals surface area contributed by atoms with Crippen molar-refractivity contribution in [3.63, 3.8) is 0 Å². The van der Waals surface area contributed by atoms with E-state index in [4.69, 9.17) is 9.26 Å². The monoisotopic (exact) mass is 426 g/mol. The molecule has 2 aromatic rings. The summed E-state index contributed by atoms with van der Waals surface area (Å²) in [7, 11) is 0. The smallest absolute Gasteiger partial charge is 0.292 e. The standard InChI is InChI=1S/C22H26N4O5/c1-15-13-19(31-24-15)22(29)26-10-8-25(9-11-26)21(28)3-2-12-30-17-5-6-18-16(14-17)4-7-20(27)23-18/h5-6,13-14H,2-4,7-12H2,1H3,(H,23,27). The predicted octanol–water partition coefficient (Wildman–Crippen LogP) is 2.01. The Bertz CT molecular complexity index is 978. The highest BCUT2D eigenvalue weighted by Crippen LogP contribution is 2.26. The van der Waals surface area contributed by atoms with E-state index in [0.29, 0.717) is 64.2 Å². The fraction of sp³-hybridized carbons (Fsp3) is 0.455. The molecule has 2 aliphatic heterocycles. The molecule has 0 unspecified atom stereocenters. The Morgan fingerprint density at radius 3 is 2.65 bits per heavy atom. The number of hydrogen-bond acceptors (Lipinski definition) is 6. The number of piperazine rings is 1. The van der Waals surface area contributed by atoms with Gasteiger partial charge in [-0.2, -0.15) is 0 Å². The van der Waals surface area contributed by atoms with Gasteiger partial charge in [-0.15, -0.1) is 0 Å². The lowest BCUT2D eigenvalue weighted by atomic mass is 10.0. The van der Waals surface area contributed by atoms with Gasteiger partial charge in [0, 0.05) is 50.8 Å². The van der Waals surface area contributed by atoms with Crippen LogP contribution in [-0.4, -0.2) is 65.5 Å². The van der Waals surface area contributed by atoms with Crippen molar-refractivity contribution >= 4 is 23.4 Å². The summed E-state index contributed by atoms with van der Waals surface area (Å²) in [6, 6.07) is 7.26. The SMILES string of the molecule is Cc1cc(C(=O)N2CCN(C(=O)CCCOc3ccc4c(c3)CCC(=O)N4)CC2)on1. The normalized spacial score (nSPS) is 16.0. The maximum Gasteiger partial charge on any atom is 0.292 e. The van der Waals surface area contributed by atoms with Gasteiger partial charge in [0.1, 0.15) is 5.75 Å². The molecule has 9 nitrogen and oxygen atoms in total. The minimum Gasteiger partial charge on any atom is -0.494 e. The zero-order valence-corrected chi connectivity index (χ0v) is 17.6. The predicted molar refractivity (Wildman–Crippen MR) is 112 cm³/mol. The summed E-state index contributed by atoms with van der Waals surface area (Å²) in [6.45, 7) is 4.19. The summed E-state index contributed by atoms with van der Waals surface area (Å²) in [5.74, 6) is 0.902. The second-order valence-corrected chi connectivity index (χ2v) is 7.82. The maximum atomic E-state index is 12.5. The summed E-state index contributed by atoms with van der Waals surface area (Å²) in [4.78, 5) is 39.8. The van der Waals surface area contributed by atoms with Gasteiger partial charge in [0.05, 0.1) is 12.3 Å². The number of fused-ring (bicyclic) bond motifs is 1. The van der Waals surface area contributed by atoms with E-state index in [1.54, 1.807) is 22.8 Å². The molecule has 1 aromatic carbocycles. The Kier molecular flexibility index (Phi) is 6.20. The van der Waals surface area contributed by atoms with Crippen LogP contribution in [0.15, 0.2) is 28.8 Å². The van der Waals surface area contributed by atoms with E-state index in [0.717, 1.165) is 17.0 Å².